The first kappa shape index (κ1) is 23.2. The molecular weight excluding hydrogens is 396 g/mol. The molecule has 2 N–H and O–H groups in total. The Kier molecular flexibility index (Phi) is 8.23. The van der Waals surface area contributed by atoms with Crippen molar-refractivity contribution < 1.29 is 4.79 Å². The maximum absolute atomic E-state index is 12.2. The summed E-state index contributed by atoms with van der Waals surface area (Å²) < 4.78 is 0. The van der Waals surface area contributed by atoms with Crippen LogP contribution in [0, 0.1) is 22.7 Å². The van der Waals surface area contributed by atoms with Gasteiger partial charge in [-0.15, -0.1) is 0 Å². The third kappa shape index (κ3) is 5.29. The van der Waals surface area contributed by atoms with E-state index in [-0.39, 0.29) is 0 Å². The summed E-state index contributed by atoms with van der Waals surface area (Å²) in [5.74, 6) is -0.00390. The van der Waals surface area contributed by atoms with Crippen LogP contribution >= 0.6 is 11.8 Å². The molecular formula is C22H26N6OS. The normalized spacial score (nSPS) is 11.6. The molecule has 2 aromatic rings. The van der Waals surface area contributed by atoms with E-state index in [2.05, 4.69) is 17.1 Å². The highest BCUT2D eigenvalue weighted by atomic mass is 32.2. The Bertz CT molecular complexity index is 978. The molecule has 1 amide bonds. The van der Waals surface area contributed by atoms with E-state index in [9.17, 15) is 15.3 Å². The number of likely N-dealkylation sites (N-methyl/N-ethyl adjacent to an activating group) is 2. The minimum absolute atomic E-state index is 0.325. The van der Waals surface area contributed by atoms with Gasteiger partial charge >= 0.3 is 0 Å². The largest absolute Gasteiger partial charge is 0.368 e. The van der Waals surface area contributed by atoms with Gasteiger partial charge in [-0.1, -0.05) is 49.0 Å². The fourth-order valence-electron chi connectivity index (χ4n) is 3.03. The fraction of sp³-hybridized carbons (Fsp3) is 0.364. The molecule has 0 saturated carbocycles. The highest BCUT2D eigenvalue weighted by Crippen LogP contribution is 2.39. The monoisotopic (exact) mass is 422 g/mol. The van der Waals surface area contributed by atoms with Gasteiger partial charge in [-0.2, -0.15) is 10.5 Å². The van der Waals surface area contributed by atoms with Crippen LogP contribution in [-0.4, -0.2) is 50.0 Å². The summed E-state index contributed by atoms with van der Waals surface area (Å²) in [6.07, 6.45) is 0.503. The molecule has 30 heavy (non-hydrogen) atoms. The van der Waals surface area contributed by atoms with E-state index in [1.807, 2.05) is 68.2 Å². The summed E-state index contributed by atoms with van der Waals surface area (Å²) in [7, 11) is 5.82. The molecule has 0 bridgehead atoms. The SMILES string of the molecule is CCc1c(C#N)c(SC(C(N)=O)c2ccccc2)nc(N(C)CCN(C)C)c1C#N. The van der Waals surface area contributed by atoms with Crippen molar-refractivity contribution in [3.63, 3.8) is 0 Å². The predicted octanol–water partition coefficient (Wildman–Crippen LogP) is 2.70. The molecule has 7 nitrogen and oxygen atoms in total. The van der Waals surface area contributed by atoms with Gasteiger partial charge in [0, 0.05) is 20.1 Å². The number of rotatable bonds is 9. The van der Waals surface area contributed by atoms with Gasteiger partial charge in [0.15, 0.2) is 0 Å². The van der Waals surface area contributed by atoms with E-state index in [4.69, 9.17) is 5.73 Å². The van der Waals surface area contributed by atoms with Crippen molar-refractivity contribution in [3.8, 4) is 12.1 Å². The van der Waals surface area contributed by atoms with Crippen molar-refractivity contribution in [1.82, 2.24) is 9.88 Å². The predicted molar refractivity (Wildman–Crippen MR) is 119 cm³/mol. The molecule has 0 spiro atoms. The van der Waals surface area contributed by atoms with Crippen LogP contribution in [0.15, 0.2) is 35.4 Å². The standard InChI is InChI=1S/C22H26N6OS/c1-5-16-17(13-23)21(28(4)12-11-27(2)3)26-22(18(16)14-24)30-19(20(25)29)15-9-7-6-8-10-15/h6-10,19H,5,11-12H2,1-4H3,(H2,25,29). The third-order valence-corrected chi connectivity index (χ3v) is 5.92. The molecule has 1 heterocycles. The van der Waals surface area contributed by atoms with Crippen LogP contribution in [0.1, 0.15) is 34.4 Å². The first-order chi connectivity index (χ1) is 14.3. The Labute approximate surface area is 182 Å². The Morgan fingerprint density at radius 1 is 1.13 bits per heavy atom. The van der Waals surface area contributed by atoms with E-state index < -0.39 is 11.2 Å². The second-order valence-electron chi connectivity index (χ2n) is 7.08. The second kappa shape index (κ2) is 10.6. The highest BCUT2D eigenvalue weighted by molar-refractivity contribution is 8.00. The number of nitriles is 2. The average molecular weight is 423 g/mol. The molecule has 2 rings (SSSR count). The van der Waals surface area contributed by atoms with Crippen LogP contribution in [0.5, 0.6) is 0 Å². The van der Waals surface area contributed by atoms with E-state index >= 15 is 0 Å². The van der Waals surface area contributed by atoms with Crippen LogP contribution < -0.4 is 10.6 Å². The summed E-state index contributed by atoms with van der Waals surface area (Å²) in [6.45, 7) is 3.34. The summed E-state index contributed by atoms with van der Waals surface area (Å²) in [5, 5.41) is 19.3. The van der Waals surface area contributed by atoms with Crippen molar-refractivity contribution in [2.75, 3.05) is 39.1 Å². The smallest absolute Gasteiger partial charge is 0.235 e. The molecule has 0 fully saturated rings. The van der Waals surface area contributed by atoms with Crippen LogP contribution in [0.3, 0.4) is 0 Å². The molecule has 0 aliphatic carbocycles. The summed E-state index contributed by atoms with van der Waals surface area (Å²) in [5.41, 5.74) is 7.78. The third-order valence-electron chi connectivity index (χ3n) is 4.66. The lowest BCUT2D eigenvalue weighted by Gasteiger charge is -2.24. The minimum Gasteiger partial charge on any atom is -0.368 e. The number of nitrogens with zero attached hydrogens (tertiary/aromatic N) is 5. The van der Waals surface area contributed by atoms with Crippen LogP contribution in [0.4, 0.5) is 5.82 Å². The lowest BCUT2D eigenvalue weighted by molar-refractivity contribution is -0.117. The number of carbonyl (C=O) groups is 1. The molecule has 0 saturated heterocycles. The van der Waals surface area contributed by atoms with Gasteiger partial charge in [0.2, 0.25) is 5.91 Å². The molecule has 1 unspecified atom stereocenters. The van der Waals surface area contributed by atoms with Crippen molar-refractivity contribution in [1.29, 1.82) is 10.5 Å². The van der Waals surface area contributed by atoms with Crippen molar-refractivity contribution in [3.05, 3.63) is 52.6 Å². The van der Waals surface area contributed by atoms with Crippen LogP contribution in [0.2, 0.25) is 0 Å². The lowest BCUT2D eigenvalue weighted by Crippen LogP contribution is -2.30. The number of hydrogen-bond acceptors (Lipinski definition) is 7. The number of primary amides is 1. The number of amides is 1. The van der Waals surface area contributed by atoms with Crippen molar-refractivity contribution >= 4 is 23.5 Å². The number of carbonyl (C=O) groups excluding carboxylic acids is 1. The van der Waals surface area contributed by atoms with Gasteiger partial charge in [-0.25, -0.2) is 4.98 Å². The van der Waals surface area contributed by atoms with Crippen molar-refractivity contribution in [2.24, 2.45) is 5.73 Å². The van der Waals surface area contributed by atoms with E-state index in [1.54, 1.807) is 0 Å². The Hall–Kier alpha value is -3.07. The van der Waals surface area contributed by atoms with Crippen LogP contribution in [0.25, 0.3) is 0 Å². The molecule has 0 aliphatic heterocycles. The Morgan fingerprint density at radius 3 is 2.27 bits per heavy atom. The maximum atomic E-state index is 12.2. The van der Waals surface area contributed by atoms with Gasteiger partial charge in [0.05, 0.1) is 11.1 Å². The van der Waals surface area contributed by atoms with Gasteiger partial charge in [0.25, 0.3) is 0 Å². The minimum atomic E-state index is -0.691. The molecule has 1 aromatic carbocycles. The van der Waals surface area contributed by atoms with Gasteiger partial charge in [-0.3, -0.25) is 4.79 Å². The first-order valence-corrected chi connectivity index (χ1v) is 10.5. The molecule has 1 aromatic heterocycles. The maximum Gasteiger partial charge on any atom is 0.235 e. The van der Waals surface area contributed by atoms with E-state index in [0.29, 0.717) is 40.5 Å². The summed E-state index contributed by atoms with van der Waals surface area (Å²) >= 11 is 1.15. The second-order valence-corrected chi connectivity index (χ2v) is 8.18. The van der Waals surface area contributed by atoms with Gasteiger partial charge < -0.3 is 15.5 Å². The Morgan fingerprint density at radius 2 is 1.77 bits per heavy atom. The lowest BCUT2D eigenvalue weighted by atomic mass is 10.0. The highest BCUT2D eigenvalue weighted by Gasteiger charge is 2.26. The molecule has 0 radical (unpaired) electrons. The number of pyridine rings is 1. The van der Waals surface area contributed by atoms with E-state index in [0.717, 1.165) is 23.9 Å². The zero-order valence-electron chi connectivity index (χ0n) is 17.7. The fourth-order valence-corrected chi connectivity index (χ4v) is 4.09. The number of hydrogen-bond donors (Lipinski definition) is 1. The van der Waals surface area contributed by atoms with Crippen molar-refractivity contribution in [2.45, 2.75) is 23.6 Å². The van der Waals surface area contributed by atoms with E-state index in [1.165, 1.54) is 0 Å². The zero-order chi connectivity index (χ0) is 22.3. The number of anilines is 1. The topological polar surface area (TPSA) is 110 Å². The molecule has 8 heteroatoms. The molecule has 0 aliphatic rings. The summed E-state index contributed by atoms with van der Waals surface area (Å²) in [6, 6.07) is 13.6. The quantitative estimate of drug-likeness (QED) is 0.619. The first-order valence-electron chi connectivity index (χ1n) is 9.57. The molecule has 1 atom stereocenters. The zero-order valence-corrected chi connectivity index (χ0v) is 18.5. The number of nitrogens with two attached hydrogens (primary N) is 1. The van der Waals surface area contributed by atoms with Gasteiger partial charge in [0.1, 0.15) is 28.2 Å². The number of thioether (sulfide) groups is 1. The molecule has 156 valence electrons. The average Bonchev–Trinajstić information content (AvgIpc) is 2.74. The Balaban J connectivity index is 2.60. The van der Waals surface area contributed by atoms with Gasteiger partial charge in [-0.05, 0) is 31.6 Å². The number of benzene rings is 1. The number of aromatic nitrogens is 1. The summed E-state index contributed by atoms with van der Waals surface area (Å²) in [4.78, 5) is 20.8. The van der Waals surface area contributed by atoms with Crippen LogP contribution in [-0.2, 0) is 11.2 Å².